The Morgan fingerprint density at radius 1 is 1.67 bits per heavy atom. The number of hydrogen-bond acceptors (Lipinski definition) is 3. The smallest absolute Gasteiger partial charge is 0.311 e. The Morgan fingerprint density at radius 3 is 3.17 bits per heavy atom. The normalized spacial score (nSPS) is 14.7. The predicted octanol–water partition coefficient (Wildman–Crippen LogP) is 0.510. The molecular formula is C8H9NO3. The van der Waals surface area contributed by atoms with E-state index >= 15 is 0 Å². The van der Waals surface area contributed by atoms with Crippen molar-refractivity contribution < 1.29 is 14.3 Å². The van der Waals surface area contributed by atoms with E-state index in [9.17, 15) is 4.79 Å². The second-order valence-electron chi connectivity index (χ2n) is 2.84. The van der Waals surface area contributed by atoms with Gasteiger partial charge in [-0.05, 0) is 6.07 Å². The topological polar surface area (TPSA) is 62.5 Å². The van der Waals surface area contributed by atoms with E-state index in [-0.39, 0.29) is 6.42 Å². The molecule has 0 aliphatic carbocycles. The van der Waals surface area contributed by atoms with E-state index in [0.717, 1.165) is 24.4 Å². The number of furan rings is 1. The number of hydrogen-bond donors (Lipinski definition) is 2. The van der Waals surface area contributed by atoms with E-state index in [1.54, 1.807) is 0 Å². The Labute approximate surface area is 69.2 Å². The van der Waals surface area contributed by atoms with Gasteiger partial charge in [-0.1, -0.05) is 0 Å². The van der Waals surface area contributed by atoms with Gasteiger partial charge in [0.1, 0.15) is 17.9 Å². The molecule has 2 rings (SSSR count). The SMILES string of the molecule is O=C(O)Cc1cc2c(o1)CNC2. The van der Waals surface area contributed by atoms with Gasteiger partial charge >= 0.3 is 5.97 Å². The highest BCUT2D eigenvalue weighted by Crippen LogP contribution is 2.20. The Kier molecular flexibility index (Phi) is 1.62. The summed E-state index contributed by atoms with van der Waals surface area (Å²) in [4.78, 5) is 10.3. The molecule has 64 valence electrons. The molecule has 2 N–H and O–H groups in total. The predicted molar refractivity (Wildman–Crippen MR) is 40.6 cm³/mol. The first-order chi connectivity index (χ1) is 5.75. The number of carbonyl (C=O) groups is 1. The Morgan fingerprint density at radius 2 is 2.50 bits per heavy atom. The van der Waals surface area contributed by atoms with E-state index < -0.39 is 5.97 Å². The van der Waals surface area contributed by atoms with Gasteiger partial charge in [0.15, 0.2) is 0 Å². The van der Waals surface area contributed by atoms with Crippen molar-refractivity contribution in [3.8, 4) is 0 Å². The van der Waals surface area contributed by atoms with Crippen molar-refractivity contribution in [3.05, 3.63) is 23.2 Å². The maximum atomic E-state index is 10.3. The summed E-state index contributed by atoms with van der Waals surface area (Å²) in [5, 5.41) is 11.6. The lowest BCUT2D eigenvalue weighted by Gasteiger charge is -1.91. The van der Waals surface area contributed by atoms with Gasteiger partial charge < -0.3 is 14.8 Å². The van der Waals surface area contributed by atoms with Gasteiger partial charge in [-0.25, -0.2) is 0 Å². The molecule has 0 amide bonds. The zero-order valence-corrected chi connectivity index (χ0v) is 6.46. The molecule has 1 aromatic rings. The third-order valence-electron chi connectivity index (χ3n) is 1.87. The van der Waals surface area contributed by atoms with Crippen LogP contribution >= 0.6 is 0 Å². The number of rotatable bonds is 2. The number of aliphatic carboxylic acids is 1. The highest BCUT2D eigenvalue weighted by molar-refractivity contribution is 5.69. The van der Waals surface area contributed by atoms with Gasteiger partial charge in [0.05, 0.1) is 6.54 Å². The first kappa shape index (κ1) is 7.36. The molecule has 1 aliphatic rings. The molecule has 0 saturated heterocycles. The number of fused-ring (bicyclic) bond motifs is 1. The summed E-state index contributed by atoms with van der Waals surface area (Å²) in [6.45, 7) is 1.51. The summed E-state index contributed by atoms with van der Waals surface area (Å²) < 4.78 is 5.29. The zero-order valence-electron chi connectivity index (χ0n) is 6.46. The Balaban J connectivity index is 2.20. The fraction of sp³-hybridized carbons (Fsp3) is 0.375. The van der Waals surface area contributed by atoms with Crippen LogP contribution in [0.25, 0.3) is 0 Å². The van der Waals surface area contributed by atoms with Crippen LogP contribution in [0.3, 0.4) is 0 Å². The van der Waals surface area contributed by atoms with Gasteiger partial charge in [0.25, 0.3) is 0 Å². The molecule has 1 aliphatic heterocycles. The molecule has 4 heteroatoms. The molecule has 0 aromatic carbocycles. The molecule has 0 fully saturated rings. The molecule has 0 atom stereocenters. The summed E-state index contributed by atoms with van der Waals surface area (Å²) in [5.41, 5.74) is 1.09. The molecule has 0 saturated carbocycles. The van der Waals surface area contributed by atoms with Crippen molar-refractivity contribution in [3.63, 3.8) is 0 Å². The number of nitrogens with one attached hydrogen (secondary N) is 1. The quantitative estimate of drug-likeness (QED) is 0.673. The third-order valence-corrected chi connectivity index (χ3v) is 1.87. The van der Waals surface area contributed by atoms with Crippen LogP contribution in [0.4, 0.5) is 0 Å². The minimum absolute atomic E-state index is 0.0208. The lowest BCUT2D eigenvalue weighted by molar-refractivity contribution is -0.136. The lowest BCUT2D eigenvalue weighted by atomic mass is 10.2. The molecular weight excluding hydrogens is 158 g/mol. The van der Waals surface area contributed by atoms with Crippen molar-refractivity contribution in [2.45, 2.75) is 19.5 Å². The average molecular weight is 167 g/mol. The van der Waals surface area contributed by atoms with Crippen LogP contribution in [-0.2, 0) is 24.3 Å². The summed E-state index contributed by atoms with van der Waals surface area (Å²) in [6.07, 6.45) is -0.0208. The van der Waals surface area contributed by atoms with E-state index in [0.29, 0.717) is 5.76 Å². The third kappa shape index (κ3) is 1.21. The fourth-order valence-electron chi connectivity index (χ4n) is 1.37. The summed E-state index contributed by atoms with van der Waals surface area (Å²) >= 11 is 0. The van der Waals surface area contributed by atoms with E-state index in [4.69, 9.17) is 9.52 Å². The molecule has 0 spiro atoms. The van der Waals surface area contributed by atoms with Crippen LogP contribution in [0.2, 0.25) is 0 Å². The molecule has 0 unspecified atom stereocenters. The summed E-state index contributed by atoms with van der Waals surface area (Å²) in [7, 11) is 0. The number of carboxylic acid groups (broad SMARTS) is 1. The van der Waals surface area contributed by atoms with Crippen molar-refractivity contribution in [1.82, 2.24) is 5.32 Å². The standard InChI is InChI=1S/C8H9NO3/c10-8(11)2-6-1-5-3-9-4-7(5)12-6/h1,9H,2-4H2,(H,10,11). The molecule has 4 nitrogen and oxygen atoms in total. The van der Waals surface area contributed by atoms with Gasteiger partial charge in [0.2, 0.25) is 0 Å². The zero-order chi connectivity index (χ0) is 8.55. The summed E-state index contributed by atoms with van der Waals surface area (Å²) in [6, 6.07) is 1.81. The Hall–Kier alpha value is -1.29. The first-order valence-corrected chi connectivity index (χ1v) is 3.78. The maximum Gasteiger partial charge on any atom is 0.311 e. The molecule has 0 radical (unpaired) electrons. The van der Waals surface area contributed by atoms with Crippen LogP contribution in [0.1, 0.15) is 17.1 Å². The Bertz CT molecular complexity index is 295. The van der Waals surface area contributed by atoms with Gasteiger partial charge in [0, 0.05) is 12.1 Å². The van der Waals surface area contributed by atoms with E-state index in [2.05, 4.69) is 5.32 Å². The monoisotopic (exact) mass is 167 g/mol. The second kappa shape index (κ2) is 2.64. The molecule has 2 heterocycles. The second-order valence-corrected chi connectivity index (χ2v) is 2.84. The van der Waals surface area contributed by atoms with Crippen molar-refractivity contribution >= 4 is 5.97 Å². The minimum atomic E-state index is -0.851. The van der Waals surface area contributed by atoms with Gasteiger partial charge in [-0.15, -0.1) is 0 Å². The van der Waals surface area contributed by atoms with Crippen LogP contribution in [0, 0.1) is 0 Å². The largest absolute Gasteiger partial charge is 0.481 e. The van der Waals surface area contributed by atoms with E-state index in [1.807, 2.05) is 6.07 Å². The number of carboxylic acids is 1. The summed E-state index contributed by atoms with van der Waals surface area (Å²) in [5.74, 6) is 0.579. The van der Waals surface area contributed by atoms with E-state index in [1.165, 1.54) is 0 Å². The lowest BCUT2D eigenvalue weighted by Crippen LogP contribution is -2.02. The molecule has 1 aromatic heterocycles. The van der Waals surface area contributed by atoms with Crippen LogP contribution in [-0.4, -0.2) is 11.1 Å². The van der Waals surface area contributed by atoms with Crippen LogP contribution < -0.4 is 5.32 Å². The average Bonchev–Trinajstić information content (AvgIpc) is 2.43. The molecule has 0 bridgehead atoms. The maximum absolute atomic E-state index is 10.3. The molecule has 12 heavy (non-hydrogen) atoms. The fourth-order valence-corrected chi connectivity index (χ4v) is 1.37. The minimum Gasteiger partial charge on any atom is -0.481 e. The highest BCUT2D eigenvalue weighted by atomic mass is 16.4. The van der Waals surface area contributed by atoms with Crippen molar-refractivity contribution in [2.24, 2.45) is 0 Å². The van der Waals surface area contributed by atoms with Crippen molar-refractivity contribution in [2.75, 3.05) is 0 Å². The van der Waals surface area contributed by atoms with Gasteiger partial charge in [-0.3, -0.25) is 4.79 Å². The van der Waals surface area contributed by atoms with Crippen LogP contribution in [0.15, 0.2) is 10.5 Å². The van der Waals surface area contributed by atoms with Gasteiger partial charge in [-0.2, -0.15) is 0 Å². The first-order valence-electron chi connectivity index (χ1n) is 3.78. The van der Waals surface area contributed by atoms with Crippen molar-refractivity contribution in [1.29, 1.82) is 0 Å². The highest BCUT2D eigenvalue weighted by Gasteiger charge is 2.16. The van der Waals surface area contributed by atoms with Crippen LogP contribution in [0.5, 0.6) is 0 Å².